The van der Waals surface area contributed by atoms with Crippen LogP contribution in [0.5, 0.6) is 5.75 Å². The van der Waals surface area contributed by atoms with E-state index in [1.807, 2.05) is 65.7 Å². The molecule has 3 aromatic carbocycles. The number of nitrogens with zero attached hydrogens (tertiary/aromatic N) is 3. The molecular formula is C28H25N3O5. The second kappa shape index (κ2) is 7.91. The van der Waals surface area contributed by atoms with Crippen molar-refractivity contribution in [2.75, 3.05) is 11.4 Å². The highest BCUT2D eigenvalue weighted by Gasteiger charge is 2.59. The number of hydrogen-bond donors (Lipinski definition) is 0. The highest BCUT2D eigenvalue weighted by Crippen LogP contribution is 2.54. The molecule has 3 aromatic rings. The first-order valence-electron chi connectivity index (χ1n) is 12.0. The molecule has 8 heteroatoms. The van der Waals surface area contributed by atoms with Gasteiger partial charge in [0.15, 0.2) is 0 Å². The fourth-order valence-corrected chi connectivity index (χ4v) is 5.45. The number of carbonyl (C=O) groups is 3. The molecule has 2 amide bonds. The maximum atomic E-state index is 12.7. The van der Waals surface area contributed by atoms with Crippen LogP contribution in [0.25, 0.3) is 10.8 Å². The second-order valence-corrected chi connectivity index (χ2v) is 9.78. The molecule has 8 nitrogen and oxygen atoms in total. The van der Waals surface area contributed by atoms with Crippen molar-refractivity contribution in [1.82, 2.24) is 5.06 Å². The summed E-state index contributed by atoms with van der Waals surface area (Å²) in [6, 6.07) is 20.0. The summed E-state index contributed by atoms with van der Waals surface area (Å²) in [4.78, 5) is 48.4. The van der Waals surface area contributed by atoms with Crippen LogP contribution in [0.1, 0.15) is 38.7 Å². The van der Waals surface area contributed by atoms with Crippen molar-refractivity contribution in [3.8, 4) is 5.75 Å². The number of hydroxylamine groups is 2. The quantitative estimate of drug-likeness (QED) is 0.511. The molecule has 1 atom stereocenters. The van der Waals surface area contributed by atoms with E-state index in [-0.39, 0.29) is 25.8 Å². The summed E-state index contributed by atoms with van der Waals surface area (Å²) in [6.45, 7) is 4.44. The van der Waals surface area contributed by atoms with E-state index in [4.69, 9.17) is 14.6 Å². The molecule has 6 rings (SSSR count). The van der Waals surface area contributed by atoms with Crippen molar-refractivity contribution in [3.63, 3.8) is 0 Å². The minimum atomic E-state index is -0.994. The largest absolute Gasteiger partial charge is 0.459 e. The predicted octanol–water partition coefficient (Wildman–Crippen LogP) is 4.43. The fourth-order valence-electron chi connectivity index (χ4n) is 5.45. The molecule has 1 unspecified atom stereocenters. The zero-order valence-corrected chi connectivity index (χ0v) is 20.1. The third-order valence-electron chi connectivity index (χ3n) is 7.40. The van der Waals surface area contributed by atoms with Gasteiger partial charge in [0.25, 0.3) is 11.8 Å². The zero-order chi connectivity index (χ0) is 25.1. The van der Waals surface area contributed by atoms with Crippen LogP contribution >= 0.6 is 0 Å². The van der Waals surface area contributed by atoms with Crippen molar-refractivity contribution in [1.29, 1.82) is 0 Å². The number of aliphatic imine (C=N–C) groups is 1. The molecular weight excluding hydrogens is 458 g/mol. The van der Waals surface area contributed by atoms with Gasteiger partial charge in [-0.1, -0.05) is 48.5 Å². The number of fused-ring (bicyclic) bond motifs is 4. The van der Waals surface area contributed by atoms with Crippen LogP contribution in [0.4, 0.5) is 11.4 Å². The van der Waals surface area contributed by atoms with Gasteiger partial charge in [-0.2, -0.15) is 0 Å². The molecule has 0 aliphatic carbocycles. The first-order chi connectivity index (χ1) is 17.3. The molecule has 1 spiro atoms. The van der Waals surface area contributed by atoms with Crippen LogP contribution in [0.2, 0.25) is 0 Å². The Labute approximate surface area is 208 Å². The van der Waals surface area contributed by atoms with Gasteiger partial charge in [0.2, 0.25) is 5.72 Å². The van der Waals surface area contributed by atoms with Crippen molar-refractivity contribution in [2.45, 2.75) is 44.2 Å². The van der Waals surface area contributed by atoms with E-state index in [0.717, 1.165) is 27.7 Å². The number of hydrogen-bond acceptors (Lipinski definition) is 7. The van der Waals surface area contributed by atoms with Crippen LogP contribution in [-0.2, 0) is 24.6 Å². The number of amides is 2. The molecule has 0 radical (unpaired) electrons. The predicted molar refractivity (Wildman–Crippen MR) is 134 cm³/mol. The van der Waals surface area contributed by atoms with Gasteiger partial charge in [-0.15, -0.1) is 5.06 Å². The molecule has 0 aromatic heterocycles. The Morgan fingerprint density at radius 2 is 1.72 bits per heavy atom. The average molecular weight is 484 g/mol. The van der Waals surface area contributed by atoms with Gasteiger partial charge in [-0.25, -0.2) is 4.79 Å². The van der Waals surface area contributed by atoms with Gasteiger partial charge >= 0.3 is 5.97 Å². The Bertz CT molecular complexity index is 1450. The molecule has 3 heterocycles. The lowest BCUT2D eigenvalue weighted by atomic mass is 9.77. The Kier molecular flexibility index (Phi) is 4.90. The Hall–Kier alpha value is -4.20. The highest BCUT2D eigenvalue weighted by molar-refractivity contribution is 6.02. The zero-order valence-electron chi connectivity index (χ0n) is 20.1. The molecule has 36 heavy (non-hydrogen) atoms. The number of imide groups is 1. The lowest BCUT2D eigenvalue weighted by Gasteiger charge is -2.46. The first-order valence-corrected chi connectivity index (χ1v) is 12.0. The minimum Gasteiger partial charge on any atom is -0.459 e. The van der Waals surface area contributed by atoms with Crippen LogP contribution in [0.3, 0.4) is 0 Å². The monoisotopic (exact) mass is 483 g/mol. The summed E-state index contributed by atoms with van der Waals surface area (Å²) in [5, 5.41) is 2.66. The standard InChI is InChI=1S/C28H25N3O5/c1-27(2)20-9-5-6-10-21(20)30(16-15-25(34)36-31-23(32)13-14-24(31)33)28(27)17-29-26-19-8-4-3-7-18(19)11-12-22(26)35-28/h3-12,17H,13-16H2,1-2H3. The lowest BCUT2D eigenvalue weighted by molar-refractivity contribution is -0.197. The average Bonchev–Trinajstić information content (AvgIpc) is 3.28. The van der Waals surface area contributed by atoms with E-state index in [2.05, 4.69) is 19.9 Å². The number of rotatable bonds is 4. The number of para-hydroxylation sites is 1. The first kappa shape index (κ1) is 22.3. The normalized spacial score (nSPS) is 21.6. The molecule has 1 fully saturated rings. The number of anilines is 1. The molecule has 3 aliphatic heterocycles. The number of ether oxygens (including phenoxy) is 1. The maximum absolute atomic E-state index is 12.7. The van der Waals surface area contributed by atoms with Crippen molar-refractivity contribution < 1.29 is 24.0 Å². The maximum Gasteiger partial charge on any atom is 0.334 e. The van der Waals surface area contributed by atoms with Gasteiger partial charge < -0.3 is 14.5 Å². The SMILES string of the molecule is CC1(C)c2ccccc2N(CCC(=O)ON2C(=O)CCC2=O)C12C=Nc1c(ccc3ccccc13)O2. The Morgan fingerprint density at radius 1 is 1.00 bits per heavy atom. The Balaban J connectivity index is 1.35. The van der Waals surface area contributed by atoms with Crippen LogP contribution in [-0.4, -0.2) is 41.3 Å². The van der Waals surface area contributed by atoms with E-state index in [1.165, 1.54) is 0 Å². The molecule has 3 aliphatic rings. The topological polar surface area (TPSA) is 88.5 Å². The smallest absolute Gasteiger partial charge is 0.334 e. The van der Waals surface area contributed by atoms with E-state index in [0.29, 0.717) is 10.8 Å². The van der Waals surface area contributed by atoms with Crippen LogP contribution in [0, 0.1) is 0 Å². The third-order valence-corrected chi connectivity index (χ3v) is 7.40. The van der Waals surface area contributed by atoms with E-state index < -0.39 is 28.9 Å². The van der Waals surface area contributed by atoms with Gasteiger partial charge in [-0.3, -0.25) is 14.6 Å². The van der Waals surface area contributed by atoms with E-state index in [9.17, 15) is 14.4 Å². The summed E-state index contributed by atoms with van der Waals surface area (Å²) in [5.41, 5.74) is 1.27. The molecule has 0 saturated carbocycles. The lowest BCUT2D eigenvalue weighted by Crippen LogP contribution is -2.62. The number of benzene rings is 3. The summed E-state index contributed by atoms with van der Waals surface area (Å²) in [7, 11) is 0. The van der Waals surface area contributed by atoms with Crippen molar-refractivity contribution in [2.24, 2.45) is 4.99 Å². The van der Waals surface area contributed by atoms with Crippen molar-refractivity contribution in [3.05, 3.63) is 66.2 Å². The molecule has 1 saturated heterocycles. The van der Waals surface area contributed by atoms with Crippen LogP contribution in [0.15, 0.2) is 65.7 Å². The second-order valence-electron chi connectivity index (χ2n) is 9.78. The van der Waals surface area contributed by atoms with Gasteiger partial charge in [0, 0.05) is 30.5 Å². The van der Waals surface area contributed by atoms with E-state index in [1.54, 1.807) is 0 Å². The van der Waals surface area contributed by atoms with Crippen molar-refractivity contribution >= 4 is 46.1 Å². The molecule has 0 bridgehead atoms. The van der Waals surface area contributed by atoms with E-state index >= 15 is 0 Å². The summed E-state index contributed by atoms with van der Waals surface area (Å²) >= 11 is 0. The fraction of sp³-hybridized carbons (Fsp3) is 0.286. The van der Waals surface area contributed by atoms with Crippen LogP contribution < -0.4 is 9.64 Å². The third kappa shape index (κ3) is 3.13. The molecule has 182 valence electrons. The highest BCUT2D eigenvalue weighted by atomic mass is 16.7. The Morgan fingerprint density at radius 3 is 2.53 bits per heavy atom. The summed E-state index contributed by atoms with van der Waals surface area (Å²) in [6.07, 6.45) is 1.90. The minimum absolute atomic E-state index is 0.0506. The summed E-state index contributed by atoms with van der Waals surface area (Å²) in [5.74, 6) is -0.985. The molecule has 0 N–H and O–H groups in total. The van der Waals surface area contributed by atoms with Gasteiger partial charge in [-0.05, 0) is 36.9 Å². The van der Waals surface area contributed by atoms with Gasteiger partial charge in [0.1, 0.15) is 11.4 Å². The number of carbonyl (C=O) groups excluding carboxylic acids is 3. The van der Waals surface area contributed by atoms with Gasteiger partial charge in [0.05, 0.1) is 18.1 Å². The summed E-state index contributed by atoms with van der Waals surface area (Å²) < 4.78 is 6.80.